The molecule has 2 saturated heterocycles. The summed E-state index contributed by atoms with van der Waals surface area (Å²) in [6.07, 6.45) is 1.30. The van der Waals surface area contributed by atoms with Crippen molar-refractivity contribution < 1.29 is 4.74 Å². The van der Waals surface area contributed by atoms with E-state index in [1.165, 1.54) is 31.7 Å². The summed E-state index contributed by atoms with van der Waals surface area (Å²) in [6, 6.07) is 8.97. The maximum absolute atomic E-state index is 5.47. The number of nitrogens with zero attached hydrogens (tertiary/aromatic N) is 2. The molecule has 1 aromatic rings. The van der Waals surface area contributed by atoms with Crippen LogP contribution in [0.15, 0.2) is 24.3 Å². The zero-order valence-electron chi connectivity index (χ0n) is 11.8. The Hall–Kier alpha value is -1.06. The molecule has 0 amide bonds. The first-order valence-corrected chi connectivity index (χ1v) is 7.52. The third-order valence-electron chi connectivity index (χ3n) is 4.45. The van der Waals surface area contributed by atoms with Gasteiger partial charge < -0.3 is 14.5 Å². The number of rotatable bonds is 3. The summed E-state index contributed by atoms with van der Waals surface area (Å²) >= 11 is 0. The van der Waals surface area contributed by atoms with Crippen LogP contribution in [0.1, 0.15) is 24.8 Å². The molecule has 3 heteroatoms. The fraction of sp³-hybridized carbons (Fsp3) is 0.625. The quantitative estimate of drug-likeness (QED) is 0.829. The van der Waals surface area contributed by atoms with Gasteiger partial charge in [0.25, 0.3) is 0 Å². The number of likely N-dealkylation sites (tertiary alicyclic amines) is 1. The van der Waals surface area contributed by atoms with Gasteiger partial charge in [-0.25, -0.2) is 0 Å². The summed E-state index contributed by atoms with van der Waals surface area (Å²) < 4.78 is 5.47. The van der Waals surface area contributed by atoms with E-state index in [4.69, 9.17) is 4.74 Å². The SMILES string of the molecule is CCN1CCC(c2ccccc2N2CCOCC2)C1. The normalized spacial score (nSPS) is 24.9. The van der Waals surface area contributed by atoms with Crippen molar-refractivity contribution in [1.29, 1.82) is 0 Å². The molecule has 0 bridgehead atoms. The van der Waals surface area contributed by atoms with Gasteiger partial charge in [-0.05, 0) is 37.1 Å². The molecule has 0 aromatic heterocycles. The molecule has 19 heavy (non-hydrogen) atoms. The minimum Gasteiger partial charge on any atom is -0.378 e. The number of hydrogen-bond acceptors (Lipinski definition) is 3. The number of likely N-dealkylation sites (N-methyl/N-ethyl adjacent to an activating group) is 1. The fourth-order valence-electron chi connectivity index (χ4n) is 3.30. The number of morpholine rings is 1. The van der Waals surface area contributed by atoms with Crippen LogP contribution in [0.3, 0.4) is 0 Å². The zero-order chi connectivity index (χ0) is 13.1. The first kappa shape index (κ1) is 12.9. The van der Waals surface area contributed by atoms with E-state index in [9.17, 15) is 0 Å². The van der Waals surface area contributed by atoms with E-state index in [0.717, 1.165) is 26.3 Å². The van der Waals surface area contributed by atoms with Gasteiger partial charge in [-0.15, -0.1) is 0 Å². The van der Waals surface area contributed by atoms with Crippen molar-refractivity contribution in [3.63, 3.8) is 0 Å². The molecule has 1 unspecified atom stereocenters. The number of anilines is 1. The van der Waals surface area contributed by atoms with E-state index in [0.29, 0.717) is 5.92 Å². The molecule has 0 saturated carbocycles. The van der Waals surface area contributed by atoms with Gasteiger partial charge in [0.15, 0.2) is 0 Å². The highest BCUT2D eigenvalue weighted by Gasteiger charge is 2.26. The monoisotopic (exact) mass is 260 g/mol. The van der Waals surface area contributed by atoms with Crippen LogP contribution in [0.4, 0.5) is 5.69 Å². The average molecular weight is 260 g/mol. The maximum Gasteiger partial charge on any atom is 0.0642 e. The molecule has 3 nitrogen and oxygen atoms in total. The molecule has 0 N–H and O–H groups in total. The standard InChI is InChI=1S/C16H24N2O/c1-2-17-8-7-14(13-17)15-5-3-4-6-16(15)18-9-11-19-12-10-18/h3-6,14H,2,7-13H2,1H3. The van der Waals surface area contributed by atoms with Crippen LogP contribution >= 0.6 is 0 Å². The first-order chi connectivity index (χ1) is 9.38. The highest BCUT2D eigenvalue weighted by atomic mass is 16.5. The summed E-state index contributed by atoms with van der Waals surface area (Å²) in [5.74, 6) is 0.707. The average Bonchev–Trinajstić information content (AvgIpc) is 2.97. The molecule has 2 heterocycles. The van der Waals surface area contributed by atoms with Crippen LogP contribution in [-0.4, -0.2) is 50.8 Å². The summed E-state index contributed by atoms with van der Waals surface area (Å²) in [7, 11) is 0. The minimum atomic E-state index is 0.707. The van der Waals surface area contributed by atoms with Crippen LogP contribution < -0.4 is 4.90 Å². The third-order valence-corrected chi connectivity index (χ3v) is 4.45. The second kappa shape index (κ2) is 5.93. The summed E-state index contributed by atoms with van der Waals surface area (Å²) in [5.41, 5.74) is 2.98. The molecule has 0 aliphatic carbocycles. The van der Waals surface area contributed by atoms with Crippen molar-refractivity contribution in [3.8, 4) is 0 Å². The van der Waals surface area contributed by atoms with Crippen LogP contribution in [0.5, 0.6) is 0 Å². The highest BCUT2D eigenvalue weighted by molar-refractivity contribution is 5.55. The predicted octanol–water partition coefficient (Wildman–Crippen LogP) is 2.33. The van der Waals surface area contributed by atoms with E-state index in [1.54, 1.807) is 5.56 Å². The second-order valence-corrected chi connectivity index (χ2v) is 5.54. The fourth-order valence-corrected chi connectivity index (χ4v) is 3.30. The van der Waals surface area contributed by atoms with E-state index < -0.39 is 0 Å². The van der Waals surface area contributed by atoms with Gasteiger partial charge in [-0.1, -0.05) is 25.1 Å². The van der Waals surface area contributed by atoms with Crippen LogP contribution in [-0.2, 0) is 4.74 Å². The number of hydrogen-bond donors (Lipinski definition) is 0. The Morgan fingerprint density at radius 1 is 1.16 bits per heavy atom. The lowest BCUT2D eigenvalue weighted by atomic mass is 9.96. The molecular formula is C16H24N2O. The van der Waals surface area contributed by atoms with Crippen molar-refractivity contribution in [1.82, 2.24) is 4.90 Å². The highest BCUT2D eigenvalue weighted by Crippen LogP contribution is 2.34. The van der Waals surface area contributed by atoms with Crippen molar-refractivity contribution in [3.05, 3.63) is 29.8 Å². The number of para-hydroxylation sites is 1. The van der Waals surface area contributed by atoms with E-state index in [2.05, 4.69) is 41.0 Å². The van der Waals surface area contributed by atoms with Gasteiger partial charge in [-0.2, -0.15) is 0 Å². The first-order valence-electron chi connectivity index (χ1n) is 7.52. The predicted molar refractivity (Wildman–Crippen MR) is 78.9 cm³/mol. The van der Waals surface area contributed by atoms with Crippen LogP contribution in [0, 0.1) is 0 Å². The van der Waals surface area contributed by atoms with Crippen molar-refractivity contribution in [2.24, 2.45) is 0 Å². The molecule has 3 rings (SSSR count). The summed E-state index contributed by atoms with van der Waals surface area (Å²) in [6.45, 7) is 9.69. The Labute approximate surface area is 116 Å². The molecule has 2 fully saturated rings. The van der Waals surface area contributed by atoms with Gasteiger partial charge in [0.1, 0.15) is 0 Å². The minimum absolute atomic E-state index is 0.707. The molecule has 2 aliphatic rings. The Morgan fingerprint density at radius 2 is 1.95 bits per heavy atom. The second-order valence-electron chi connectivity index (χ2n) is 5.54. The lowest BCUT2D eigenvalue weighted by Crippen LogP contribution is -2.37. The van der Waals surface area contributed by atoms with E-state index in [1.807, 2.05) is 0 Å². The zero-order valence-corrected chi connectivity index (χ0v) is 11.8. The van der Waals surface area contributed by atoms with Crippen molar-refractivity contribution >= 4 is 5.69 Å². The summed E-state index contributed by atoms with van der Waals surface area (Å²) in [5, 5.41) is 0. The van der Waals surface area contributed by atoms with Gasteiger partial charge >= 0.3 is 0 Å². The Morgan fingerprint density at radius 3 is 2.68 bits per heavy atom. The lowest BCUT2D eigenvalue weighted by Gasteiger charge is -2.31. The van der Waals surface area contributed by atoms with Gasteiger partial charge in [0.05, 0.1) is 13.2 Å². The Balaban J connectivity index is 1.81. The van der Waals surface area contributed by atoms with Gasteiger partial charge in [-0.3, -0.25) is 0 Å². The smallest absolute Gasteiger partial charge is 0.0642 e. The Kier molecular flexibility index (Phi) is 4.04. The number of benzene rings is 1. The van der Waals surface area contributed by atoms with Gasteiger partial charge in [0, 0.05) is 25.3 Å². The third kappa shape index (κ3) is 2.77. The number of ether oxygens (including phenoxy) is 1. The molecule has 0 radical (unpaired) electrons. The lowest BCUT2D eigenvalue weighted by molar-refractivity contribution is 0.122. The van der Waals surface area contributed by atoms with Gasteiger partial charge in [0.2, 0.25) is 0 Å². The molecule has 104 valence electrons. The molecular weight excluding hydrogens is 236 g/mol. The van der Waals surface area contributed by atoms with Crippen molar-refractivity contribution in [2.45, 2.75) is 19.3 Å². The van der Waals surface area contributed by atoms with Crippen molar-refractivity contribution in [2.75, 3.05) is 50.8 Å². The topological polar surface area (TPSA) is 15.7 Å². The molecule has 2 aliphatic heterocycles. The van der Waals surface area contributed by atoms with E-state index >= 15 is 0 Å². The molecule has 0 spiro atoms. The van der Waals surface area contributed by atoms with E-state index in [-0.39, 0.29) is 0 Å². The maximum atomic E-state index is 5.47. The molecule has 1 atom stereocenters. The van der Waals surface area contributed by atoms with Crippen LogP contribution in [0.25, 0.3) is 0 Å². The largest absolute Gasteiger partial charge is 0.378 e. The summed E-state index contributed by atoms with van der Waals surface area (Å²) in [4.78, 5) is 5.05. The Bertz CT molecular complexity index is 415. The molecule has 1 aromatic carbocycles. The van der Waals surface area contributed by atoms with Crippen LogP contribution in [0.2, 0.25) is 0 Å².